The summed E-state index contributed by atoms with van der Waals surface area (Å²) in [5.41, 5.74) is 1.26. The van der Waals surface area contributed by atoms with Gasteiger partial charge in [0.2, 0.25) is 0 Å². The number of hydrogen-bond donors (Lipinski definition) is 2. The molecule has 3 rings (SSSR count). The average Bonchev–Trinajstić information content (AvgIpc) is 2.25. The van der Waals surface area contributed by atoms with Gasteiger partial charge in [0, 0.05) is 36.8 Å². The smallest absolute Gasteiger partial charge is 0.126 e. The summed E-state index contributed by atoms with van der Waals surface area (Å²) in [6.45, 7) is 2.30. The quantitative estimate of drug-likeness (QED) is 0.821. The van der Waals surface area contributed by atoms with Gasteiger partial charge in [-0.2, -0.15) is 0 Å². The molecule has 1 aliphatic heterocycles. The Balaban J connectivity index is 0.000000141. The van der Waals surface area contributed by atoms with Crippen LogP contribution >= 0.6 is 11.6 Å². The lowest BCUT2D eigenvalue weighted by atomic mass is 9.59. The molecule has 2 aliphatic rings. The van der Waals surface area contributed by atoms with Crippen LogP contribution in [0.3, 0.4) is 0 Å². The molecule has 1 aromatic rings. The van der Waals surface area contributed by atoms with E-state index < -0.39 is 0 Å². The van der Waals surface area contributed by atoms with Gasteiger partial charge >= 0.3 is 0 Å². The summed E-state index contributed by atoms with van der Waals surface area (Å²) < 4.78 is 12.5. The lowest BCUT2D eigenvalue weighted by molar-refractivity contribution is -0.120. The van der Waals surface area contributed by atoms with E-state index in [1.165, 1.54) is 12.1 Å². The molecule has 0 unspecified atom stereocenters. The first-order chi connectivity index (χ1) is 9.07. The maximum Gasteiger partial charge on any atom is 0.126 e. The Labute approximate surface area is 117 Å². The molecule has 2 N–H and O–H groups in total. The number of hydrogen-bond acceptors (Lipinski definition) is 3. The number of halogens is 2. The molecule has 1 saturated heterocycles. The molecule has 0 amide bonds. The maximum absolute atomic E-state index is 12.5. The topological polar surface area (TPSA) is 41.1 Å². The average molecular weight is 285 g/mol. The molecular formula is C14H18ClFN2O. The van der Waals surface area contributed by atoms with Gasteiger partial charge in [0.25, 0.3) is 0 Å². The first-order valence-corrected chi connectivity index (χ1v) is 6.74. The molecule has 0 bridgehead atoms. The molecule has 19 heavy (non-hydrogen) atoms. The van der Waals surface area contributed by atoms with Gasteiger partial charge in [-0.1, -0.05) is 11.6 Å². The fourth-order valence-electron chi connectivity index (χ4n) is 2.61. The van der Waals surface area contributed by atoms with Crippen molar-refractivity contribution in [2.24, 2.45) is 11.3 Å². The minimum absolute atomic E-state index is 0.322. The highest BCUT2D eigenvalue weighted by molar-refractivity contribution is 6.30. The van der Waals surface area contributed by atoms with Crippen molar-refractivity contribution in [1.82, 2.24) is 5.32 Å². The third-order valence-electron chi connectivity index (χ3n) is 3.73. The monoisotopic (exact) mass is 284 g/mol. The molecule has 1 spiro atoms. The van der Waals surface area contributed by atoms with Gasteiger partial charge in [-0.05, 0) is 36.5 Å². The number of aldehydes is 1. The molecule has 2 fully saturated rings. The zero-order valence-electron chi connectivity index (χ0n) is 10.9. The van der Waals surface area contributed by atoms with E-state index in [-0.39, 0.29) is 5.82 Å². The molecular weight excluding hydrogens is 267 g/mol. The number of carbonyl (C=O) groups excluding carboxylic acids is 1. The van der Waals surface area contributed by atoms with Gasteiger partial charge in [0.1, 0.15) is 12.1 Å². The second-order valence-electron chi connectivity index (χ2n) is 5.32. The third kappa shape index (κ3) is 3.45. The number of rotatable bonds is 2. The summed E-state index contributed by atoms with van der Waals surface area (Å²) in [6, 6.07) is 4.30. The van der Waals surface area contributed by atoms with Crippen LogP contribution in [0.1, 0.15) is 12.8 Å². The number of anilines is 1. The predicted octanol–water partition coefficient (Wildman–Crippen LogP) is 2.71. The van der Waals surface area contributed by atoms with Gasteiger partial charge in [-0.15, -0.1) is 0 Å². The molecule has 1 aliphatic carbocycles. The van der Waals surface area contributed by atoms with Crippen LogP contribution in [0.25, 0.3) is 0 Å². The van der Waals surface area contributed by atoms with E-state index in [4.69, 9.17) is 11.6 Å². The fourth-order valence-corrected chi connectivity index (χ4v) is 2.84. The van der Waals surface area contributed by atoms with Crippen molar-refractivity contribution in [1.29, 1.82) is 0 Å². The van der Waals surface area contributed by atoms with E-state index in [0.29, 0.717) is 22.0 Å². The second-order valence-corrected chi connectivity index (χ2v) is 5.75. The summed E-state index contributed by atoms with van der Waals surface area (Å²) in [7, 11) is 1.71. The zero-order chi connectivity index (χ0) is 13.9. The van der Waals surface area contributed by atoms with Crippen LogP contribution in [0.2, 0.25) is 5.02 Å². The van der Waals surface area contributed by atoms with E-state index >= 15 is 0 Å². The van der Waals surface area contributed by atoms with E-state index in [2.05, 4.69) is 10.6 Å². The molecule has 3 nitrogen and oxygen atoms in total. The fraction of sp³-hybridized carbons (Fsp3) is 0.500. The minimum Gasteiger partial charge on any atom is -0.388 e. The van der Waals surface area contributed by atoms with Crippen LogP contribution in [0.5, 0.6) is 0 Å². The normalized spacial score (nSPS) is 19.7. The Morgan fingerprint density at radius 2 is 2.11 bits per heavy atom. The summed E-state index contributed by atoms with van der Waals surface area (Å²) >= 11 is 5.55. The highest BCUT2D eigenvalue weighted by Crippen LogP contribution is 2.47. The van der Waals surface area contributed by atoms with Gasteiger partial charge < -0.3 is 15.4 Å². The first-order valence-electron chi connectivity index (χ1n) is 6.37. The molecule has 5 heteroatoms. The minimum atomic E-state index is -0.322. The highest BCUT2D eigenvalue weighted by atomic mass is 35.5. The van der Waals surface area contributed by atoms with Crippen molar-refractivity contribution in [3.8, 4) is 0 Å². The van der Waals surface area contributed by atoms with Crippen LogP contribution in [0.15, 0.2) is 18.2 Å². The summed E-state index contributed by atoms with van der Waals surface area (Å²) in [6.07, 6.45) is 3.39. The van der Waals surface area contributed by atoms with Crippen LogP contribution in [0, 0.1) is 17.2 Å². The Morgan fingerprint density at radius 3 is 2.53 bits per heavy atom. The van der Waals surface area contributed by atoms with Crippen molar-refractivity contribution in [2.45, 2.75) is 12.8 Å². The van der Waals surface area contributed by atoms with Crippen LogP contribution in [-0.2, 0) is 4.79 Å². The number of nitrogens with one attached hydrogen (secondary N) is 2. The molecule has 0 aromatic heterocycles. The molecule has 0 radical (unpaired) electrons. The van der Waals surface area contributed by atoms with E-state index in [1.807, 2.05) is 0 Å². The van der Waals surface area contributed by atoms with Crippen molar-refractivity contribution >= 4 is 23.6 Å². The standard InChI is InChI=1S/C7H7ClFN.C7H11NO/c1-10-7-3-5(8)2-6(9)4-7;9-3-6-1-7(2-6)4-8-5-7/h2-4,10H,1H3;3,6,8H,1-2,4-5H2. The zero-order valence-corrected chi connectivity index (χ0v) is 11.6. The van der Waals surface area contributed by atoms with Gasteiger partial charge in [-0.3, -0.25) is 0 Å². The molecule has 1 saturated carbocycles. The lowest BCUT2D eigenvalue weighted by Crippen LogP contribution is -2.60. The van der Waals surface area contributed by atoms with Crippen LogP contribution in [-0.4, -0.2) is 26.4 Å². The van der Waals surface area contributed by atoms with Crippen molar-refractivity contribution in [2.75, 3.05) is 25.5 Å². The Hall–Kier alpha value is -1.13. The highest BCUT2D eigenvalue weighted by Gasteiger charge is 2.47. The molecule has 1 heterocycles. The van der Waals surface area contributed by atoms with Crippen molar-refractivity contribution in [3.05, 3.63) is 29.0 Å². The predicted molar refractivity (Wildman–Crippen MR) is 75.0 cm³/mol. The van der Waals surface area contributed by atoms with E-state index in [9.17, 15) is 9.18 Å². The van der Waals surface area contributed by atoms with E-state index in [0.717, 1.165) is 32.2 Å². The maximum atomic E-state index is 12.5. The molecule has 1 aromatic carbocycles. The Kier molecular flexibility index (Phi) is 4.42. The third-order valence-corrected chi connectivity index (χ3v) is 3.95. The number of benzene rings is 1. The van der Waals surface area contributed by atoms with E-state index in [1.54, 1.807) is 13.1 Å². The molecule has 104 valence electrons. The second kappa shape index (κ2) is 5.88. The summed E-state index contributed by atoms with van der Waals surface area (Å²) in [5.74, 6) is 0.0731. The van der Waals surface area contributed by atoms with Gasteiger partial charge in [0.05, 0.1) is 0 Å². The van der Waals surface area contributed by atoms with Gasteiger partial charge in [-0.25, -0.2) is 4.39 Å². The summed E-state index contributed by atoms with van der Waals surface area (Å²) in [4.78, 5) is 10.2. The van der Waals surface area contributed by atoms with Crippen LogP contribution in [0.4, 0.5) is 10.1 Å². The number of carbonyl (C=O) groups is 1. The summed E-state index contributed by atoms with van der Waals surface area (Å²) in [5, 5.41) is 6.42. The largest absolute Gasteiger partial charge is 0.388 e. The Bertz CT molecular complexity index is 435. The van der Waals surface area contributed by atoms with Crippen molar-refractivity contribution in [3.63, 3.8) is 0 Å². The SMILES string of the molecule is CNc1cc(F)cc(Cl)c1.O=CC1CC2(CNC2)C1. The molecule has 0 atom stereocenters. The first kappa shape index (κ1) is 14.3. The van der Waals surface area contributed by atoms with Gasteiger partial charge in [0.15, 0.2) is 0 Å². The van der Waals surface area contributed by atoms with Crippen LogP contribution < -0.4 is 10.6 Å². The lowest BCUT2D eigenvalue weighted by Gasteiger charge is -2.52. The van der Waals surface area contributed by atoms with Crippen molar-refractivity contribution < 1.29 is 9.18 Å². The Morgan fingerprint density at radius 1 is 1.42 bits per heavy atom.